The molecular formula is C19H25Cl2N3O3. The highest BCUT2D eigenvalue weighted by molar-refractivity contribution is 6.36. The second-order valence-corrected chi connectivity index (χ2v) is 8.13. The molecule has 1 aliphatic heterocycles. The van der Waals surface area contributed by atoms with Crippen LogP contribution in [0.2, 0.25) is 10.0 Å². The molecule has 8 heteroatoms. The molecule has 0 spiro atoms. The minimum atomic E-state index is -0.658. The van der Waals surface area contributed by atoms with Crippen molar-refractivity contribution >= 4 is 40.9 Å². The molecule has 6 nitrogen and oxygen atoms in total. The first kappa shape index (κ1) is 21.5. The number of carbonyl (C=O) groups is 3. The molecule has 148 valence electrons. The Kier molecular flexibility index (Phi) is 7.50. The number of carbonyl (C=O) groups excluding carboxylic acids is 3. The molecule has 1 saturated heterocycles. The summed E-state index contributed by atoms with van der Waals surface area (Å²) < 4.78 is 0. The highest BCUT2D eigenvalue weighted by atomic mass is 35.5. The quantitative estimate of drug-likeness (QED) is 0.750. The molecule has 1 aromatic carbocycles. The van der Waals surface area contributed by atoms with Crippen LogP contribution in [-0.2, 0) is 9.59 Å². The molecule has 1 unspecified atom stereocenters. The van der Waals surface area contributed by atoms with Crippen molar-refractivity contribution in [3.05, 3.63) is 33.8 Å². The van der Waals surface area contributed by atoms with Crippen LogP contribution < -0.4 is 11.1 Å². The fraction of sp³-hybridized carbons (Fsp3) is 0.526. The minimum absolute atomic E-state index is 0.148. The van der Waals surface area contributed by atoms with Crippen molar-refractivity contribution in [2.24, 2.45) is 17.6 Å². The summed E-state index contributed by atoms with van der Waals surface area (Å²) in [4.78, 5) is 38.6. The fourth-order valence-corrected chi connectivity index (χ4v) is 3.70. The first-order valence-electron chi connectivity index (χ1n) is 9.03. The van der Waals surface area contributed by atoms with Crippen LogP contribution in [0.1, 0.15) is 43.5 Å². The fourth-order valence-electron chi connectivity index (χ4n) is 3.21. The number of nitrogens with zero attached hydrogens (tertiary/aromatic N) is 1. The molecule has 0 bridgehead atoms. The summed E-state index contributed by atoms with van der Waals surface area (Å²) in [5.41, 5.74) is 5.62. The average molecular weight is 414 g/mol. The standard InChI is InChI=1S/C19H25Cl2N3O3/c1-11(2)9-16(19(27)24-7-5-12(6-8-24)17(22)25)23-18(26)14-4-3-13(20)10-15(14)21/h3-4,10-12,16H,5-9H2,1-2H3,(H2,22,25)(H,23,26). The number of rotatable bonds is 6. The first-order chi connectivity index (χ1) is 12.7. The van der Waals surface area contributed by atoms with Crippen molar-refractivity contribution in [3.8, 4) is 0 Å². The van der Waals surface area contributed by atoms with Gasteiger partial charge in [0.15, 0.2) is 0 Å². The molecule has 1 heterocycles. The number of nitrogens with two attached hydrogens (primary N) is 1. The van der Waals surface area contributed by atoms with E-state index in [0.29, 0.717) is 37.4 Å². The number of hydrogen-bond acceptors (Lipinski definition) is 3. The van der Waals surface area contributed by atoms with Crippen molar-refractivity contribution in [2.75, 3.05) is 13.1 Å². The van der Waals surface area contributed by atoms with Crippen LogP contribution in [0.3, 0.4) is 0 Å². The van der Waals surface area contributed by atoms with E-state index in [-0.39, 0.29) is 34.2 Å². The van der Waals surface area contributed by atoms with E-state index >= 15 is 0 Å². The van der Waals surface area contributed by atoms with E-state index in [0.717, 1.165) is 0 Å². The van der Waals surface area contributed by atoms with E-state index in [1.807, 2.05) is 13.8 Å². The van der Waals surface area contributed by atoms with Gasteiger partial charge in [-0.3, -0.25) is 14.4 Å². The summed E-state index contributed by atoms with van der Waals surface area (Å²) in [6.07, 6.45) is 1.60. The number of halogens is 2. The second kappa shape index (κ2) is 9.42. The van der Waals surface area contributed by atoms with Gasteiger partial charge in [-0.25, -0.2) is 0 Å². The smallest absolute Gasteiger partial charge is 0.253 e. The number of amides is 3. The molecular weight excluding hydrogens is 389 g/mol. The average Bonchev–Trinajstić information content (AvgIpc) is 2.60. The summed E-state index contributed by atoms with van der Waals surface area (Å²) in [6.45, 7) is 4.89. The van der Waals surface area contributed by atoms with Crippen molar-refractivity contribution in [3.63, 3.8) is 0 Å². The summed E-state index contributed by atoms with van der Waals surface area (Å²) in [5, 5.41) is 3.47. The summed E-state index contributed by atoms with van der Waals surface area (Å²) in [6, 6.07) is 3.95. The third-order valence-electron chi connectivity index (χ3n) is 4.70. The minimum Gasteiger partial charge on any atom is -0.369 e. The molecule has 3 amide bonds. The van der Waals surface area contributed by atoms with Gasteiger partial charge < -0.3 is 16.0 Å². The molecule has 1 aromatic rings. The highest BCUT2D eigenvalue weighted by Gasteiger charge is 2.31. The van der Waals surface area contributed by atoms with Crippen LogP contribution in [0.5, 0.6) is 0 Å². The maximum absolute atomic E-state index is 13.0. The van der Waals surface area contributed by atoms with E-state index < -0.39 is 11.9 Å². The monoisotopic (exact) mass is 413 g/mol. The lowest BCUT2D eigenvalue weighted by Crippen LogP contribution is -2.52. The Hall–Kier alpha value is -1.79. The molecule has 1 fully saturated rings. The number of piperidine rings is 1. The van der Waals surface area contributed by atoms with E-state index in [1.165, 1.54) is 12.1 Å². The number of nitrogens with one attached hydrogen (secondary N) is 1. The Morgan fingerprint density at radius 3 is 2.37 bits per heavy atom. The molecule has 0 aromatic heterocycles. The van der Waals surface area contributed by atoms with E-state index in [2.05, 4.69) is 5.32 Å². The van der Waals surface area contributed by atoms with Gasteiger partial charge in [0.2, 0.25) is 11.8 Å². The Balaban J connectivity index is 2.09. The predicted octanol–water partition coefficient (Wildman–Crippen LogP) is 2.86. The number of likely N-dealkylation sites (tertiary alicyclic amines) is 1. The summed E-state index contributed by atoms with van der Waals surface area (Å²) in [5.74, 6) is -0.873. The second-order valence-electron chi connectivity index (χ2n) is 7.28. The normalized spacial score (nSPS) is 16.3. The van der Waals surface area contributed by atoms with Crippen LogP contribution >= 0.6 is 23.2 Å². The van der Waals surface area contributed by atoms with Crippen LogP contribution in [0.25, 0.3) is 0 Å². The molecule has 27 heavy (non-hydrogen) atoms. The molecule has 1 atom stereocenters. The van der Waals surface area contributed by atoms with Gasteiger partial charge in [0.05, 0.1) is 10.6 Å². The summed E-state index contributed by atoms with van der Waals surface area (Å²) >= 11 is 12.0. The largest absolute Gasteiger partial charge is 0.369 e. The van der Waals surface area contributed by atoms with Crippen molar-refractivity contribution in [1.29, 1.82) is 0 Å². The maximum atomic E-state index is 13.0. The SMILES string of the molecule is CC(C)CC(NC(=O)c1ccc(Cl)cc1Cl)C(=O)N1CCC(C(N)=O)CC1. The molecule has 0 aliphatic carbocycles. The number of hydrogen-bond donors (Lipinski definition) is 2. The lowest BCUT2D eigenvalue weighted by molar-refractivity contribution is -0.137. The van der Waals surface area contributed by atoms with Gasteiger partial charge in [-0.1, -0.05) is 37.0 Å². The van der Waals surface area contributed by atoms with E-state index in [1.54, 1.807) is 11.0 Å². The molecule has 2 rings (SSSR count). The molecule has 0 saturated carbocycles. The van der Waals surface area contributed by atoms with Gasteiger partial charge in [-0.2, -0.15) is 0 Å². The third-order valence-corrected chi connectivity index (χ3v) is 5.24. The van der Waals surface area contributed by atoms with Crippen LogP contribution in [0.15, 0.2) is 18.2 Å². The van der Waals surface area contributed by atoms with Gasteiger partial charge in [0, 0.05) is 24.0 Å². The Morgan fingerprint density at radius 1 is 1.22 bits per heavy atom. The Labute approximate surface area is 169 Å². The Bertz CT molecular complexity index is 716. The highest BCUT2D eigenvalue weighted by Crippen LogP contribution is 2.22. The van der Waals surface area contributed by atoms with Crippen LogP contribution in [-0.4, -0.2) is 41.8 Å². The number of benzene rings is 1. The van der Waals surface area contributed by atoms with Gasteiger partial charge in [0.25, 0.3) is 5.91 Å². The molecule has 3 N–H and O–H groups in total. The van der Waals surface area contributed by atoms with Crippen molar-refractivity contribution in [2.45, 2.75) is 39.2 Å². The van der Waals surface area contributed by atoms with Crippen molar-refractivity contribution < 1.29 is 14.4 Å². The lowest BCUT2D eigenvalue weighted by Gasteiger charge is -2.34. The molecule has 0 radical (unpaired) electrons. The summed E-state index contributed by atoms with van der Waals surface area (Å²) in [7, 11) is 0. The van der Waals surface area contributed by atoms with E-state index in [4.69, 9.17) is 28.9 Å². The lowest BCUT2D eigenvalue weighted by atomic mass is 9.95. The van der Waals surface area contributed by atoms with Crippen LogP contribution in [0.4, 0.5) is 0 Å². The number of primary amides is 1. The van der Waals surface area contributed by atoms with Crippen molar-refractivity contribution in [1.82, 2.24) is 10.2 Å². The van der Waals surface area contributed by atoms with Crippen LogP contribution in [0, 0.1) is 11.8 Å². The maximum Gasteiger partial charge on any atom is 0.253 e. The van der Waals surface area contributed by atoms with Gasteiger partial charge in [0.1, 0.15) is 6.04 Å². The van der Waals surface area contributed by atoms with Gasteiger partial charge in [-0.15, -0.1) is 0 Å². The zero-order valence-corrected chi connectivity index (χ0v) is 17.0. The Morgan fingerprint density at radius 2 is 1.85 bits per heavy atom. The third kappa shape index (κ3) is 5.84. The van der Waals surface area contributed by atoms with E-state index in [9.17, 15) is 14.4 Å². The topological polar surface area (TPSA) is 92.5 Å². The predicted molar refractivity (Wildman–Crippen MR) is 106 cm³/mol. The first-order valence-corrected chi connectivity index (χ1v) is 9.78. The van der Waals surface area contributed by atoms with Gasteiger partial charge >= 0.3 is 0 Å². The van der Waals surface area contributed by atoms with Gasteiger partial charge in [-0.05, 0) is 43.4 Å². The zero-order chi connectivity index (χ0) is 20.1. The zero-order valence-electron chi connectivity index (χ0n) is 15.5. The molecule has 1 aliphatic rings.